The van der Waals surface area contributed by atoms with Crippen LogP contribution in [0.25, 0.3) is 0 Å². The van der Waals surface area contributed by atoms with Crippen LogP contribution in [0, 0.1) is 0 Å². The lowest BCUT2D eigenvalue weighted by molar-refractivity contribution is 0.806. The summed E-state index contributed by atoms with van der Waals surface area (Å²) in [4.78, 5) is 7.74. The molecule has 0 amide bonds. The van der Waals surface area contributed by atoms with Crippen LogP contribution in [0.1, 0.15) is 6.92 Å². The third kappa shape index (κ3) is 0.541. The van der Waals surface area contributed by atoms with Gasteiger partial charge in [-0.3, -0.25) is 0 Å². The lowest BCUT2D eigenvalue weighted by Gasteiger charge is -2.13. The molecule has 0 aromatic heterocycles. The Labute approximate surface area is 57.3 Å². The van der Waals surface area contributed by atoms with E-state index in [-0.39, 0.29) is 0 Å². The van der Waals surface area contributed by atoms with Crippen LogP contribution >= 0.6 is 0 Å². The zero-order valence-electron chi connectivity index (χ0n) is 5.39. The molecular weight excluding hydrogens is 130 g/mol. The van der Waals surface area contributed by atoms with Gasteiger partial charge in [-0.05, 0) is 12.1 Å². The van der Waals surface area contributed by atoms with Gasteiger partial charge in [-0.25, -0.2) is 9.98 Å². The summed E-state index contributed by atoms with van der Waals surface area (Å²) in [7, 11) is 0. The number of hydrogen-bond acceptors (Lipinski definition) is 5. The quantitative estimate of drug-likeness (QED) is 0.468. The molecule has 1 atom stereocenters. The van der Waals surface area contributed by atoms with Crippen LogP contribution in [0.15, 0.2) is 25.4 Å². The first kappa shape index (κ1) is 5.40. The average Bonchev–Trinajstić information content (AvgIpc) is 2.29. The van der Waals surface area contributed by atoms with Crippen molar-refractivity contribution >= 4 is 18.4 Å². The molecule has 2 heterocycles. The largest absolute Gasteiger partial charge is 0.246 e. The Morgan fingerprint density at radius 1 is 1.50 bits per heavy atom. The second-order valence-electron chi connectivity index (χ2n) is 2.28. The smallest absolute Gasteiger partial charge is 0.189 e. The minimum atomic E-state index is -0.491. The fourth-order valence-corrected chi connectivity index (χ4v) is 0.810. The molecule has 0 radical (unpaired) electrons. The van der Waals surface area contributed by atoms with Gasteiger partial charge in [0.2, 0.25) is 0 Å². The second-order valence-corrected chi connectivity index (χ2v) is 2.28. The van der Waals surface area contributed by atoms with Crippen molar-refractivity contribution in [2.24, 2.45) is 25.4 Å². The van der Waals surface area contributed by atoms with E-state index in [0.717, 1.165) is 0 Å². The van der Waals surface area contributed by atoms with E-state index in [2.05, 4.69) is 25.4 Å². The number of nitrogens with zero attached hydrogens (tertiary/aromatic N) is 5. The fourth-order valence-electron chi connectivity index (χ4n) is 0.810. The summed E-state index contributed by atoms with van der Waals surface area (Å²) in [6.45, 7) is 1.86. The predicted octanol–water partition coefficient (Wildman–Crippen LogP) is 0.637. The van der Waals surface area contributed by atoms with Gasteiger partial charge in [-0.1, -0.05) is 0 Å². The van der Waals surface area contributed by atoms with Gasteiger partial charge >= 0.3 is 0 Å². The maximum Gasteiger partial charge on any atom is 0.189 e. The van der Waals surface area contributed by atoms with Gasteiger partial charge in [-0.15, -0.1) is 10.2 Å². The highest BCUT2D eigenvalue weighted by atomic mass is 15.5. The summed E-state index contributed by atoms with van der Waals surface area (Å²) in [5.41, 5.74) is -0.491. The lowest BCUT2D eigenvalue weighted by atomic mass is 10.0. The van der Waals surface area contributed by atoms with E-state index in [0.29, 0.717) is 5.84 Å². The molecule has 5 nitrogen and oxygen atoms in total. The van der Waals surface area contributed by atoms with Crippen molar-refractivity contribution in [1.82, 2.24) is 0 Å². The number of fused-ring (bicyclic) bond motifs is 1. The van der Waals surface area contributed by atoms with E-state index >= 15 is 0 Å². The molecule has 0 N–H and O–H groups in total. The van der Waals surface area contributed by atoms with Crippen LogP contribution < -0.4 is 0 Å². The van der Waals surface area contributed by atoms with E-state index in [1.807, 2.05) is 6.92 Å². The summed E-state index contributed by atoms with van der Waals surface area (Å²) >= 11 is 0. The summed E-state index contributed by atoms with van der Waals surface area (Å²) in [6.07, 6.45) is 3.12. The van der Waals surface area contributed by atoms with Gasteiger partial charge in [0, 0.05) is 6.21 Å². The first-order valence-electron chi connectivity index (χ1n) is 2.88. The molecule has 0 spiro atoms. The first-order chi connectivity index (χ1) is 4.81. The van der Waals surface area contributed by atoms with Crippen molar-refractivity contribution in [3.63, 3.8) is 0 Å². The Bertz CT molecular complexity index is 274. The molecule has 0 aliphatic carbocycles. The highest BCUT2D eigenvalue weighted by Gasteiger charge is 2.33. The lowest BCUT2D eigenvalue weighted by Crippen LogP contribution is -2.33. The fraction of sp³-hybridized carbons (Fsp3) is 0.400. The average molecular weight is 135 g/mol. The molecule has 2 aliphatic rings. The van der Waals surface area contributed by atoms with E-state index in [9.17, 15) is 0 Å². The van der Waals surface area contributed by atoms with Crippen LogP contribution in [0.4, 0.5) is 0 Å². The molecule has 0 aromatic carbocycles. The van der Waals surface area contributed by atoms with Crippen LogP contribution in [0.5, 0.6) is 0 Å². The second kappa shape index (κ2) is 1.56. The molecule has 0 fully saturated rings. The normalized spacial score (nSPS) is 34.3. The Morgan fingerprint density at radius 2 is 2.40 bits per heavy atom. The topological polar surface area (TPSA) is 61.8 Å². The summed E-state index contributed by atoms with van der Waals surface area (Å²) < 4.78 is 0. The summed E-state index contributed by atoms with van der Waals surface area (Å²) in [5, 5.41) is 11.1. The van der Waals surface area contributed by atoms with E-state index in [1.54, 1.807) is 6.21 Å². The van der Waals surface area contributed by atoms with Crippen LogP contribution in [0.2, 0.25) is 0 Å². The van der Waals surface area contributed by atoms with E-state index in [4.69, 9.17) is 0 Å². The van der Waals surface area contributed by atoms with Crippen LogP contribution in [0.3, 0.4) is 0 Å². The molecule has 2 aliphatic heterocycles. The van der Waals surface area contributed by atoms with Gasteiger partial charge < -0.3 is 0 Å². The Hall–Kier alpha value is -1.39. The molecule has 2 rings (SSSR count). The Balaban J connectivity index is 2.51. The molecule has 0 bridgehead atoms. The molecule has 5 heteroatoms. The summed E-state index contributed by atoms with van der Waals surface area (Å²) in [6, 6.07) is 0. The molecule has 10 heavy (non-hydrogen) atoms. The first-order valence-corrected chi connectivity index (χ1v) is 2.88. The van der Waals surface area contributed by atoms with E-state index in [1.165, 1.54) is 6.34 Å². The third-order valence-corrected chi connectivity index (χ3v) is 1.42. The third-order valence-electron chi connectivity index (χ3n) is 1.42. The van der Waals surface area contributed by atoms with Crippen LogP contribution in [-0.4, -0.2) is 23.9 Å². The monoisotopic (exact) mass is 135 g/mol. The predicted molar refractivity (Wildman–Crippen MR) is 37.7 cm³/mol. The van der Waals surface area contributed by atoms with Crippen molar-refractivity contribution in [3.8, 4) is 0 Å². The number of aliphatic imine (C=N–C) groups is 2. The zero-order chi connectivity index (χ0) is 7.03. The number of hydrogen-bond donors (Lipinski definition) is 0. The molecule has 0 saturated carbocycles. The molecule has 0 saturated heterocycles. The van der Waals surface area contributed by atoms with Crippen molar-refractivity contribution in [2.75, 3.05) is 0 Å². The SMILES string of the molecule is CC12C=NC=NC1=NN=N2. The van der Waals surface area contributed by atoms with Gasteiger partial charge in [0.05, 0.1) is 0 Å². The standard InChI is InChI=1S/C5H5N5/c1-5-2-6-3-7-4(5)8-10-9-5/h2-3H,1H3. The molecular formula is C5H5N5. The van der Waals surface area contributed by atoms with Crippen molar-refractivity contribution in [1.29, 1.82) is 0 Å². The maximum absolute atomic E-state index is 3.90. The summed E-state index contributed by atoms with van der Waals surface area (Å²) in [5.74, 6) is 0.613. The van der Waals surface area contributed by atoms with Crippen molar-refractivity contribution in [3.05, 3.63) is 0 Å². The number of rotatable bonds is 0. The molecule has 0 aromatic rings. The van der Waals surface area contributed by atoms with Crippen molar-refractivity contribution < 1.29 is 0 Å². The van der Waals surface area contributed by atoms with E-state index < -0.39 is 5.54 Å². The van der Waals surface area contributed by atoms with Gasteiger partial charge in [0.15, 0.2) is 11.4 Å². The highest BCUT2D eigenvalue weighted by Crippen LogP contribution is 2.19. The Morgan fingerprint density at radius 3 is 3.20 bits per heavy atom. The van der Waals surface area contributed by atoms with Crippen LogP contribution in [-0.2, 0) is 0 Å². The van der Waals surface area contributed by atoms with Gasteiger partial charge in [-0.2, -0.15) is 0 Å². The molecule has 1 unspecified atom stereocenters. The minimum Gasteiger partial charge on any atom is -0.246 e. The zero-order valence-corrected chi connectivity index (χ0v) is 5.39. The van der Waals surface area contributed by atoms with Crippen molar-refractivity contribution in [2.45, 2.75) is 12.5 Å². The highest BCUT2D eigenvalue weighted by molar-refractivity contribution is 6.13. The van der Waals surface area contributed by atoms with Gasteiger partial charge in [0.25, 0.3) is 0 Å². The molecule has 50 valence electrons. The van der Waals surface area contributed by atoms with Gasteiger partial charge in [0.1, 0.15) is 6.34 Å². The minimum absolute atomic E-state index is 0.491. The number of amidine groups is 1. The Kier molecular flexibility index (Phi) is 0.841. The maximum atomic E-state index is 3.90.